The highest BCUT2D eigenvalue weighted by atomic mass is 127. The first kappa shape index (κ1) is 25.2. The van der Waals surface area contributed by atoms with Crippen LogP contribution in [0.2, 0.25) is 0 Å². The average molecular weight is 669 g/mol. The van der Waals surface area contributed by atoms with Crippen LogP contribution in [-0.4, -0.2) is 30.0 Å². The summed E-state index contributed by atoms with van der Waals surface area (Å²) in [6.07, 6.45) is -8.07. The fourth-order valence-electron chi connectivity index (χ4n) is 2.22. The minimum atomic E-state index is -5.40. The Morgan fingerprint density at radius 3 is 2.06 bits per heavy atom. The van der Waals surface area contributed by atoms with E-state index in [2.05, 4.69) is 9.47 Å². The second kappa shape index (κ2) is 9.62. The third-order valence-corrected chi connectivity index (χ3v) is 5.01. The summed E-state index contributed by atoms with van der Waals surface area (Å²) in [7, 11) is 0. The van der Waals surface area contributed by atoms with Gasteiger partial charge in [0.15, 0.2) is 11.9 Å². The Bertz CT molecular complexity index is 1010. The first-order valence-corrected chi connectivity index (χ1v) is 10.0. The Morgan fingerprint density at radius 2 is 1.55 bits per heavy atom. The molecule has 0 fully saturated rings. The van der Waals surface area contributed by atoms with Crippen molar-refractivity contribution >= 4 is 63.1 Å². The zero-order chi connectivity index (χ0) is 23.6. The fourth-order valence-corrected chi connectivity index (χ4v) is 4.18. The maximum absolute atomic E-state index is 14.2. The number of aliphatic carboxylic acids is 1. The van der Waals surface area contributed by atoms with Crippen molar-refractivity contribution in [3.8, 4) is 5.75 Å². The van der Waals surface area contributed by atoms with E-state index in [1.165, 1.54) is 46.9 Å². The zero-order valence-corrected chi connectivity index (χ0v) is 19.0. The molecular weight excluding hydrogens is 661 g/mol. The van der Waals surface area contributed by atoms with Gasteiger partial charge in [-0.3, -0.25) is 0 Å². The molecule has 0 radical (unpaired) electrons. The molecule has 0 amide bonds. The van der Waals surface area contributed by atoms with Crippen LogP contribution in [0.15, 0.2) is 42.5 Å². The summed E-state index contributed by atoms with van der Waals surface area (Å²) in [4.78, 5) is 34.8. The molecule has 166 valence electrons. The van der Waals surface area contributed by atoms with Crippen LogP contribution < -0.4 is 9.84 Å². The van der Waals surface area contributed by atoms with Crippen LogP contribution in [0.25, 0.3) is 0 Å². The van der Waals surface area contributed by atoms with E-state index in [1.807, 2.05) is 0 Å². The highest BCUT2D eigenvalue weighted by Gasteiger charge is 2.46. The smallest absolute Gasteiger partial charge is 0.491 e. The minimum absolute atomic E-state index is 0.128. The van der Waals surface area contributed by atoms with Crippen LogP contribution in [-0.2, 0) is 14.3 Å². The zero-order valence-electron chi connectivity index (χ0n) is 14.7. The average Bonchev–Trinajstić information content (AvgIpc) is 2.67. The summed E-state index contributed by atoms with van der Waals surface area (Å²) in [6, 6.07) is 8.26. The van der Waals surface area contributed by atoms with Gasteiger partial charge in [-0.15, -0.1) is 0 Å². The Labute approximate surface area is 198 Å². The molecule has 1 atom stereocenters. The standard InChI is InChI=1S/C18H9F5I2O6/c19-17(20,15(27)28)13(8-4-2-1-3-5-8)31-14(26)10-6-9(24)7-11(25)12(10)30-16(29)18(21,22)23/h1-7,13H,(H,27,28)/p-1. The molecule has 13 heteroatoms. The first-order chi connectivity index (χ1) is 14.2. The molecule has 2 rings (SSSR count). The van der Waals surface area contributed by atoms with Crippen LogP contribution in [0.3, 0.4) is 0 Å². The molecule has 1 unspecified atom stereocenters. The predicted octanol–water partition coefficient (Wildman–Crippen LogP) is 3.65. The summed E-state index contributed by atoms with van der Waals surface area (Å²) < 4.78 is 75.3. The van der Waals surface area contributed by atoms with Crippen molar-refractivity contribution in [2.45, 2.75) is 18.2 Å². The maximum Gasteiger partial charge on any atom is 0.491 e. The number of benzene rings is 2. The SMILES string of the molecule is O=C(OC(c1ccccc1)C(F)(F)C(=O)[O-])c1cc(I)cc(I)c1OC(=O)C(F)(F)F. The van der Waals surface area contributed by atoms with Gasteiger partial charge >= 0.3 is 24.0 Å². The van der Waals surface area contributed by atoms with E-state index in [4.69, 9.17) is 0 Å². The third kappa shape index (κ3) is 6.02. The van der Waals surface area contributed by atoms with Crippen LogP contribution >= 0.6 is 45.2 Å². The number of carbonyl (C=O) groups excluding carboxylic acids is 3. The second-order valence-electron chi connectivity index (χ2n) is 5.76. The number of halogens is 7. The fraction of sp³-hybridized carbons (Fsp3) is 0.167. The number of esters is 2. The lowest BCUT2D eigenvalue weighted by atomic mass is 10.0. The first-order valence-electron chi connectivity index (χ1n) is 7.88. The molecule has 0 saturated heterocycles. The molecule has 0 bridgehead atoms. The van der Waals surface area contributed by atoms with Crippen molar-refractivity contribution in [2.24, 2.45) is 0 Å². The second-order valence-corrected chi connectivity index (χ2v) is 8.17. The van der Waals surface area contributed by atoms with Crippen molar-refractivity contribution in [3.63, 3.8) is 0 Å². The topological polar surface area (TPSA) is 92.7 Å². The molecule has 0 N–H and O–H groups in total. The van der Waals surface area contributed by atoms with Gasteiger partial charge in [0.2, 0.25) is 0 Å². The normalized spacial score (nSPS) is 12.7. The minimum Gasteiger partial charge on any atom is -0.544 e. The molecule has 2 aromatic rings. The van der Waals surface area contributed by atoms with Gasteiger partial charge in [-0.25, -0.2) is 9.59 Å². The number of hydrogen-bond acceptors (Lipinski definition) is 6. The Balaban J connectivity index is 2.51. The number of carboxylic acids is 1. The van der Waals surface area contributed by atoms with E-state index in [0.717, 1.165) is 18.2 Å². The number of ether oxygens (including phenoxy) is 2. The number of rotatable bonds is 6. The predicted molar refractivity (Wildman–Crippen MR) is 108 cm³/mol. The highest BCUT2D eigenvalue weighted by Crippen LogP contribution is 2.37. The number of carboxylic acid groups (broad SMARTS) is 1. The van der Waals surface area contributed by atoms with Crippen molar-refractivity contribution in [3.05, 3.63) is 60.7 Å². The summed E-state index contributed by atoms with van der Waals surface area (Å²) in [5.74, 6) is -12.7. The van der Waals surface area contributed by atoms with Crippen molar-refractivity contribution in [1.29, 1.82) is 0 Å². The van der Waals surface area contributed by atoms with Gasteiger partial charge in [0.05, 0.1) is 3.57 Å². The monoisotopic (exact) mass is 669 g/mol. The van der Waals surface area contributed by atoms with E-state index < -0.39 is 53.0 Å². The van der Waals surface area contributed by atoms with E-state index >= 15 is 0 Å². The van der Waals surface area contributed by atoms with Gasteiger partial charge in [-0.05, 0) is 62.9 Å². The number of hydrogen-bond donors (Lipinski definition) is 0. The molecular formula is C18H8F5I2O6-. The van der Waals surface area contributed by atoms with Gasteiger partial charge < -0.3 is 19.4 Å². The molecule has 31 heavy (non-hydrogen) atoms. The Morgan fingerprint density at radius 1 is 0.968 bits per heavy atom. The molecule has 0 saturated carbocycles. The van der Waals surface area contributed by atoms with E-state index in [-0.39, 0.29) is 7.14 Å². The maximum atomic E-state index is 14.2. The molecule has 0 aromatic heterocycles. The van der Waals surface area contributed by atoms with Gasteiger partial charge in [0, 0.05) is 3.57 Å². The largest absolute Gasteiger partial charge is 0.544 e. The molecule has 2 aromatic carbocycles. The Kier molecular flexibility index (Phi) is 7.83. The van der Waals surface area contributed by atoms with Gasteiger partial charge in [0.25, 0.3) is 0 Å². The summed E-state index contributed by atoms with van der Waals surface area (Å²) in [5.41, 5.74) is -1.21. The van der Waals surface area contributed by atoms with Crippen molar-refractivity contribution in [1.82, 2.24) is 0 Å². The van der Waals surface area contributed by atoms with Crippen molar-refractivity contribution in [2.75, 3.05) is 0 Å². The van der Waals surface area contributed by atoms with Crippen molar-refractivity contribution < 1.29 is 50.9 Å². The lowest BCUT2D eigenvalue weighted by molar-refractivity contribution is -0.336. The molecule has 0 aliphatic rings. The number of alkyl halides is 5. The third-order valence-electron chi connectivity index (χ3n) is 3.58. The van der Waals surface area contributed by atoms with Crippen LogP contribution in [0.4, 0.5) is 22.0 Å². The highest BCUT2D eigenvalue weighted by molar-refractivity contribution is 14.1. The molecule has 0 aliphatic heterocycles. The molecule has 0 heterocycles. The number of carbonyl (C=O) groups is 3. The summed E-state index contributed by atoms with van der Waals surface area (Å²) >= 11 is 3.14. The summed E-state index contributed by atoms with van der Waals surface area (Å²) in [5, 5.41) is 10.9. The quantitative estimate of drug-likeness (QED) is 0.202. The van der Waals surface area contributed by atoms with E-state index in [1.54, 1.807) is 22.6 Å². The van der Waals surface area contributed by atoms with E-state index in [9.17, 15) is 41.4 Å². The lowest BCUT2D eigenvalue weighted by Crippen LogP contribution is -2.47. The van der Waals surface area contributed by atoms with Crippen LogP contribution in [0.1, 0.15) is 22.0 Å². The molecule has 0 spiro atoms. The van der Waals surface area contributed by atoms with Crippen LogP contribution in [0.5, 0.6) is 5.75 Å². The van der Waals surface area contributed by atoms with E-state index in [0.29, 0.717) is 0 Å². The Hall–Kier alpha value is -2.04. The van der Waals surface area contributed by atoms with Gasteiger partial charge in [-0.1, -0.05) is 30.3 Å². The molecule has 0 aliphatic carbocycles. The lowest BCUT2D eigenvalue weighted by Gasteiger charge is -2.28. The van der Waals surface area contributed by atoms with Crippen LogP contribution in [0, 0.1) is 7.14 Å². The molecule has 6 nitrogen and oxygen atoms in total. The summed E-state index contributed by atoms with van der Waals surface area (Å²) in [6.45, 7) is 0. The van der Waals surface area contributed by atoms with Gasteiger partial charge in [0.1, 0.15) is 11.5 Å². The van der Waals surface area contributed by atoms with Gasteiger partial charge in [-0.2, -0.15) is 22.0 Å².